The SMILES string of the molecule is c1ccc2cc(-c3cc(-c4cc5cc6ccccc6cn5n4)nc(-c4ccc5ccccc5c4)n3)ccc2c1. The highest BCUT2D eigenvalue weighted by atomic mass is 15.2. The van der Waals surface area contributed by atoms with E-state index in [1.54, 1.807) is 0 Å². The normalized spacial score (nSPS) is 11.6. The molecule has 0 amide bonds. The van der Waals surface area contributed by atoms with Crippen molar-refractivity contribution in [3.8, 4) is 34.0 Å². The van der Waals surface area contributed by atoms with Crippen LogP contribution >= 0.6 is 0 Å². The molecule has 0 bridgehead atoms. The minimum atomic E-state index is 0.684. The van der Waals surface area contributed by atoms with Crippen molar-refractivity contribution in [1.29, 1.82) is 0 Å². The van der Waals surface area contributed by atoms with Gasteiger partial charge in [0.1, 0.15) is 5.69 Å². The lowest BCUT2D eigenvalue weighted by Gasteiger charge is -2.09. The summed E-state index contributed by atoms with van der Waals surface area (Å²) in [5, 5.41) is 12.0. The third-order valence-corrected chi connectivity index (χ3v) is 7.37. The molecule has 0 atom stereocenters. The first-order valence-electron chi connectivity index (χ1n) is 13.0. The first-order valence-corrected chi connectivity index (χ1v) is 13.0. The molecular formula is C35H22N4. The standard InChI is InChI=1S/C35H22N4/c1-3-9-25-17-28(15-13-23(25)7-1)32-21-33(34-20-31-19-27-11-5-6-12-30(27)22-39(31)38-34)37-35(36-32)29-16-14-24-8-2-4-10-26(24)18-29/h1-22H. The fourth-order valence-corrected chi connectivity index (χ4v) is 5.33. The van der Waals surface area contributed by atoms with Crippen LogP contribution in [0.2, 0.25) is 0 Å². The maximum absolute atomic E-state index is 5.07. The molecule has 0 fully saturated rings. The van der Waals surface area contributed by atoms with Gasteiger partial charge >= 0.3 is 0 Å². The van der Waals surface area contributed by atoms with Crippen molar-refractivity contribution >= 4 is 37.8 Å². The van der Waals surface area contributed by atoms with Crippen molar-refractivity contribution in [2.45, 2.75) is 0 Å². The van der Waals surface area contributed by atoms with Crippen LogP contribution in [0.25, 0.3) is 71.9 Å². The van der Waals surface area contributed by atoms with Gasteiger partial charge < -0.3 is 0 Å². The monoisotopic (exact) mass is 498 g/mol. The van der Waals surface area contributed by atoms with Crippen LogP contribution in [0.4, 0.5) is 0 Å². The summed E-state index contributed by atoms with van der Waals surface area (Å²) >= 11 is 0. The van der Waals surface area contributed by atoms with E-state index in [1.165, 1.54) is 21.5 Å². The Hall–Kier alpha value is -5.35. The Kier molecular flexibility index (Phi) is 4.79. The number of nitrogens with zero attached hydrogens (tertiary/aromatic N) is 4. The average Bonchev–Trinajstić information content (AvgIpc) is 3.42. The molecule has 0 unspecified atom stereocenters. The minimum Gasteiger partial charge on any atom is -0.240 e. The predicted molar refractivity (Wildman–Crippen MR) is 160 cm³/mol. The summed E-state index contributed by atoms with van der Waals surface area (Å²) in [5.74, 6) is 0.684. The van der Waals surface area contributed by atoms with E-state index in [1.807, 2.05) is 4.52 Å². The van der Waals surface area contributed by atoms with Crippen LogP contribution in [0.5, 0.6) is 0 Å². The van der Waals surface area contributed by atoms with Gasteiger partial charge in [-0.15, -0.1) is 0 Å². The number of rotatable bonds is 3. The first-order chi connectivity index (χ1) is 19.3. The van der Waals surface area contributed by atoms with Crippen LogP contribution in [0.1, 0.15) is 0 Å². The van der Waals surface area contributed by atoms with Crippen LogP contribution in [0, 0.1) is 0 Å². The molecule has 3 aromatic heterocycles. The minimum absolute atomic E-state index is 0.684. The Morgan fingerprint density at radius 1 is 0.410 bits per heavy atom. The molecule has 182 valence electrons. The van der Waals surface area contributed by atoms with E-state index in [0.29, 0.717) is 5.82 Å². The lowest BCUT2D eigenvalue weighted by molar-refractivity contribution is 0.969. The molecule has 5 aromatic carbocycles. The molecule has 0 spiro atoms. The van der Waals surface area contributed by atoms with E-state index >= 15 is 0 Å². The van der Waals surface area contributed by atoms with Gasteiger partial charge in [0, 0.05) is 22.7 Å². The number of fused-ring (bicyclic) bond motifs is 4. The number of hydrogen-bond donors (Lipinski definition) is 0. The topological polar surface area (TPSA) is 43.1 Å². The Morgan fingerprint density at radius 2 is 0.974 bits per heavy atom. The van der Waals surface area contributed by atoms with Gasteiger partial charge in [0.05, 0.1) is 16.9 Å². The van der Waals surface area contributed by atoms with Gasteiger partial charge in [-0.05, 0) is 57.3 Å². The highest BCUT2D eigenvalue weighted by molar-refractivity contribution is 5.89. The maximum Gasteiger partial charge on any atom is 0.160 e. The van der Waals surface area contributed by atoms with Gasteiger partial charge in [0.2, 0.25) is 0 Å². The van der Waals surface area contributed by atoms with Crippen molar-refractivity contribution in [3.05, 3.63) is 134 Å². The largest absolute Gasteiger partial charge is 0.240 e. The van der Waals surface area contributed by atoms with E-state index < -0.39 is 0 Å². The Balaban J connectivity index is 1.34. The summed E-state index contributed by atoms with van der Waals surface area (Å²) in [5.41, 5.74) is 5.54. The Morgan fingerprint density at radius 3 is 1.69 bits per heavy atom. The van der Waals surface area contributed by atoms with Crippen molar-refractivity contribution in [1.82, 2.24) is 19.6 Å². The average molecular weight is 499 g/mol. The van der Waals surface area contributed by atoms with Crippen LogP contribution in [-0.4, -0.2) is 19.6 Å². The van der Waals surface area contributed by atoms with Crippen molar-refractivity contribution < 1.29 is 0 Å². The Bertz CT molecular complexity index is 2040. The maximum atomic E-state index is 5.07. The highest BCUT2D eigenvalue weighted by Gasteiger charge is 2.14. The number of benzene rings is 5. The third-order valence-electron chi connectivity index (χ3n) is 7.37. The zero-order valence-corrected chi connectivity index (χ0v) is 21.0. The molecule has 0 saturated carbocycles. The van der Waals surface area contributed by atoms with E-state index in [-0.39, 0.29) is 0 Å². The summed E-state index contributed by atoms with van der Waals surface area (Å²) in [6, 6.07) is 44.3. The second-order valence-electron chi connectivity index (χ2n) is 9.89. The molecule has 0 saturated heterocycles. The van der Waals surface area contributed by atoms with Crippen LogP contribution in [0.15, 0.2) is 134 Å². The summed E-state index contributed by atoms with van der Waals surface area (Å²) in [4.78, 5) is 10.1. The summed E-state index contributed by atoms with van der Waals surface area (Å²) in [6.07, 6.45) is 2.07. The molecule has 3 heterocycles. The predicted octanol–water partition coefficient (Wildman–Crippen LogP) is 8.58. The zero-order valence-electron chi connectivity index (χ0n) is 21.0. The van der Waals surface area contributed by atoms with Crippen molar-refractivity contribution in [2.75, 3.05) is 0 Å². The Labute approximate surface area is 224 Å². The van der Waals surface area contributed by atoms with E-state index in [0.717, 1.165) is 44.5 Å². The molecule has 0 aliphatic rings. The molecule has 4 nitrogen and oxygen atoms in total. The molecule has 4 heteroatoms. The summed E-state index contributed by atoms with van der Waals surface area (Å²) in [6.45, 7) is 0. The number of aromatic nitrogens is 4. The second kappa shape index (κ2) is 8.61. The zero-order chi connectivity index (χ0) is 25.8. The highest BCUT2D eigenvalue weighted by Crippen LogP contribution is 2.31. The molecule has 39 heavy (non-hydrogen) atoms. The van der Waals surface area contributed by atoms with Crippen LogP contribution in [-0.2, 0) is 0 Å². The number of pyridine rings is 1. The molecule has 8 aromatic rings. The molecule has 0 aliphatic heterocycles. The lowest BCUT2D eigenvalue weighted by Crippen LogP contribution is -1.96. The molecule has 8 rings (SSSR count). The first kappa shape index (κ1) is 21.7. The van der Waals surface area contributed by atoms with Gasteiger partial charge in [-0.1, -0.05) is 97.1 Å². The molecular weight excluding hydrogens is 476 g/mol. The number of hydrogen-bond acceptors (Lipinski definition) is 3. The van der Waals surface area contributed by atoms with Crippen LogP contribution < -0.4 is 0 Å². The summed E-state index contributed by atoms with van der Waals surface area (Å²) < 4.78 is 1.94. The van der Waals surface area contributed by atoms with Gasteiger partial charge in [0.25, 0.3) is 0 Å². The van der Waals surface area contributed by atoms with E-state index in [9.17, 15) is 0 Å². The summed E-state index contributed by atoms with van der Waals surface area (Å²) in [7, 11) is 0. The van der Waals surface area contributed by atoms with Crippen LogP contribution in [0.3, 0.4) is 0 Å². The molecule has 0 N–H and O–H groups in total. The van der Waals surface area contributed by atoms with Gasteiger partial charge in [-0.25, -0.2) is 14.5 Å². The third kappa shape index (κ3) is 3.82. The van der Waals surface area contributed by atoms with Gasteiger partial charge in [-0.3, -0.25) is 0 Å². The fourth-order valence-electron chi connectivity index (χ4n) is 5.33. The fraction of sp³-hybridized carbons (Fsp3) is 0. The smallest absolute Gasteiger partial charge is 0.160 e. The van der Waals surface area contributed by atoms with Gasteiger partial charge in [0.15, 0.2) is 5.82 Å². The quantitative estimate of drug-likeness (QED) is 0.245. The van der Waals surface area contributed by atoms with Crippen molar-refractivity contribution in [2.24, 2.45) is 0 Å². The van der Waals surface area contributed by atoms with Crippen molar-refractivity contribution in [3.63, 3.8) is 0 Å². The van der Waals surface area contributed by atoms with Gasteiger partial charge in [-0.2, -0.15) is 5.10 Å². The molecule has 0 aliphatic carbocycles. The second-order valence-corrected chi connectivity index (χ2v) is 9.89. The lowest BCUT2D eigenvalue weighted by atomic mass is 10.0. The molecule has 0 radical (unpaired) electrons. The van der Waals surface area contributed by atoms with E-state index in [4.69, 9.17) is 15.1 Å². The van der Waals surface area contributed by atoms with E-state index in [2.05, 4.69) is 134 Å².